The molecule has 21 heavy (non-hydrogen) atoms. The quantitative estimate of drug-likeness (QED) is 0.579. The van der Waals surface area contributed by atoms with Crippen LogP contribution in [-0.2, 0) is 5.41 Å². The fraction of sp³-hybridized carbons (Fsp3) is 0.429. The van der Waals surface area contributed by atoms with Crippen LogP contribution in [0.1, 0.15) is 63.5 Å². The van der Waals surface area contributed by atoms with Gasteiger partial charge in [0.25, 0.3) is 0 Å². The van der Waals surface area contributed by atoms with Gasteiger partial charge in [-0.05, 0) is 35.1 Å². The van der Waals surface area contributed by atoms with Crippen LogP contribution in [0.25, 0.3) is 11.1 Å². The minimum Gasteiger partial charge on any atom is -0.0654 e. The minimum atomic E-state index is 0.263. The number of fused-ring (bicyclic) bond motifs is 3. The first-order valence-electron chi connectivity index (χ1n) is 8.53. The Bertz CT molecular complexity index is 553. The molecule has 0 amide bonds. The zero-order chi connectivity index (χ0) is 14.7. The molecule has 0 aliphatic heterocycles. The van der Waals surface area contributed by atoms with Crippen molar-refractivity contribution in [3.63, 3.8) is 0 Å². The van der Waals surface area contributed by atoms with Crippen LogP contribution in [0.2, 0.25) is 0 Å². The van der Waals surface area contributed by atoms with Gasteiger partial charge in [-0.25, -0.2) is 0 Å². The second-order valence-electron chi connectivity index (χ2n) is 6.38. The highest BCUT2D eigenvalue weighted by molar-refractivity contribution is 5.80. The standard InChI is InChI=1S/C21H26/c1-3-5-15-21(16-6-4-2)19-13-9-7-11-17(19)18-12-8-10-14-20(18)21/h7-14H,3-6,15-16H2,1-2H3. The normalized spacial score (nSPS) is 14.8. The van der Waals surface area contributed by atoms with Gasteiger partial charge in [-0.3, -0.25) is 0 Å². The molecule has 0 N–H and O–H groups in total. The first-order valence-corrected chi connectivity index (χ1v) is 8.53. The van der Waals surface area contributed by atoms with E-state index < -0.39 is 0 Å². The first-order chi connectivity index (χ1) is 10.3. The highest BCUT2D eigenvalue weighted by Crippen LogP contribution is 2.53. The maximum Gasteiger partial charge on any atom is 0.0215 e. The van der Waals surface area contributed by atoms with E-state index >= 15 is 0 Å². The lowest BCUT2D eigenvalue weighted by atomic mass is 9.71. The van der Waals surface area contributed by atoms with Crippen LogP contribution in [0, 0.1) is 0 Å². The highest BCUT2D eigenvalue weighted by atomic mass is 14.4. The lowest BCUT2D eigenvalue weighted by Crippen LogP contribution is -2.25. The average Bonchev–Trinajstić information content (AvgIpc) is 2.82. The van der Waals surface area contributed by atoms with Crippen LogP contribution in [-0.4, -0.2) is 0 Å². The average molecular weight is 278 g/mol. The van der Waals surface area contributed by atoms with Crippen molar-refractivity contribution >= 4 is 0 Å². The van der Waals surface area contributed by atoms with Gasteiger partial charge in [0.2, 0.25) is 0 Å². The zero-order valence-corrected chi connectivity index (χ0v) is 13.4. The van der Waals surface area contributed by atoms with Crippen molar-refractivity contribution in [2.45, 2.75) is 57.8 Å². The Morgan fingerprint density at radius 2 is 1.10 bits per heavy atom. The molecule has 0 heterocycles. The summed E-state index contributed by atoms with van der Waals surface area (Å²) in [6.07, 6.45) is 7.75. The van der Waals surface area contributed by atoms with Crippen molar-refractivity contribution in [3.8, 4) is 11.1 Å². The third kappa shape index (κ3) is 2.31. The Hall–Kier alpha value is -1.56. The van der Waals surface area contributed by atoms with E-state index in [4.69, 9.17) is 0 Å². The Labute approximate surface area is 129 Å². The van der Waals surface area contributed by atoms with E-state index in [1.807, 2.05) is 0 Å². The van der Waals surface area contributed by atoms with Gasteiger partial charge >= 0.3 is 0 Å². The Balaban J connectivity index is 2.16. The monoisotopic (exact) mass is 278 g/mol. The minimum absolute atomic E-state index is 0.263. The molecule has 3 rings (SSSR count). The van der Waals surface area contributed by atoms with Gasteiger partial charge in [-0.15, -0.1) is 0 Å². The van der Waals surface area contributed by atoms with Gasteiger partial charge in [-0.2, -0.15) is 0 Å². The summed E-state index contributed by atoms with van der Waals surface area (Å²) in [6, 6.07) is 18.2. The van der Waals surface area contributed by atoms with Gasteiger partial charge in [0, 0.05) is 5.41 Å². The molecule has 2 aromatic carbocycles. The molecule has 110 valence electrons. The van der Waals surface area contributed by atoms with Crippen molar-refractivity contribution in [1.29, 1.82) is 0 Å². The molecule has 0 heteroatoms. The molecule has 0 atom stereocenters. The summed E-state index contributed by atoms with van der Waals surface area (Å²) < 4.78 is 0. The van der Waals surface area contributed by atoms with Crippen molar-refractivity contribution in [1.82, 2.24) is 0 Å². The van der Waals surface area contributed by atoms with E-state index in [2.05, 4.69) is 62.4 Å². The van der Waals surface area contributed by atoms with Crippen molar-refractivity contribution in [2.24, 2.45) is 0 Å². The van der Waals surface area contributed by atoms with Gasteiger partial charge in [0.1, 0.15) is 0 Å². The fourth-order valence-electron chi connectivity index (χ4n) is 4.04. The Morgan fingerprint density at radius 3 is 1.52 bits per heavy atom. The van der Waals surface area contributed by atoms with Crippen LogP contribution >= 0.6 is 0 Å². The summed E-state index contributed by atoms with van der Waals surface area (Å²) in [5.74, 6) is 0. The third-order valence-corrected chi connectivity index (χ3v) is 5.09. The summed E-state index contributed by atoms with van der Waals surface area (Å²) >= 11 is 0. The summed E-state index contributed by atoms with van der Waals surface area (Å²) in [5.41, 5.74) is 6.36. The van der Waals surface area contributed by atoms with Crippen LogP contribution in [0.4, 0.5) is 0 Å². The SMILES string of the molecule is CCCCC1(CCCC)c2ccccc2-c2ccccc21. The summed E-state index contributed by atoms with van der Waals surface area (Å²) in [5, 5.41) is 0. The molecule has 0 radical (unpaired) electrons. The van der Waals surface area contributed by atoms with Crippen LogP contribution in [0.5, 0.6) is 0 Å². The second kappa shape index (κ2) is 6.05. The van der Waals surface area contributed by atoms with Gasteiger partial charge in [0.15, 0.2) is 0 Å². The molecule has 1 aliphatic rings. The maximum absolute atomic E-state index is 2.38. The molecule has 0 saturated carbocycles. The molecule has 0 fully saturated rings. The number of hydrogen-bond acceptors (Lipinski definition) is 0. The molecule has 1 aliphatic carbocycles. The van der Waals surface area contributed by atoms with Crippen molar-refractivity contribution < 1.29 is 0 Å². The van der Waals surface area contributed by atoms with Crippen molar-refractivity contribution in [3.05, 3.63) is 59.7 Å². The Kier molecular flexibility index (Phi) is 4.14. The fourth-order valence-corrected chi connectivity index (χ4v) is 4.04. The highest BCUT2D eigenvalue weighted by Gasteiger charge is 2.41. The topological polar surface area (TPSA) is 0 Å². The number of benzene rings is 2. The lowest BCUT2D eigenvalue weighted by Gasteiger charge is -2.32. The van der Waals surface area contributed by atoms with Gasteiger partial charge in [0.05, 0.1) is 0 Å². The van der Waals surface area contributed by atoms with E-state index in [0.717, 1.165) is 0 Å². The number of unbranched alkanes of at least 4 members (excludes halogenated alkanes) is 2. The van der Waals surface area contributed by atoms with Crippen LogP contribution in [0.15, 0.2) is 48.5 Å². The largest absolute Gasteiger partial charge is 0.0654 e. The van der Waals surface area contributed by atoms with Gasteiger partial charge < -0.3 is 0 Å². The van der Waals surface area contributed by atoms with Crippen LogP contribution < -0.4 is 0 Å². The lowest BCUT2D eigenvalue weighted by molar-refractivity contribution is 0.414. The van der Waals surface area contributed by atoms with E-state index in [0.29, 0.717) is 0 Å². The van der Waals surface area contributed by atoms with Crippen LogP contribution in [0.3, 0.4) is 0 Å². The zero-order valence-electron chi connectivity index (χ0n) is 13.4. The molecule has 0 saturated heterocycles. The summed E-state index contributed by atoms with van der Waals surface area (Å²) in [7, 11) is 0. The third-order valence-electron chi connectivity index (χ3n) is 5.09. The van der Waals surface area contributed by atoms with E-state index in [1.165, 1.54) is 49.7 Å². The summed E-state index contributed by atoms with van der Waals surface area (Å²) in [6.45, 7) is 4.61. The summed E-state index contributed by atoms with van der Waals surface area (Å²) in [4.78, 5) is 0. The maximum atomic E-state index is 2.38. The first kappa shape index (κ1) is 14.4. The molecule has 2 aromatic rings. The molecular weight excluding hydrogens is 252 g/mol. The molecule has 0 bridgehead atoms. The molecular formula is C21H26. The van der Waals surface area contributed by atoms with E-state index in [9.17, 15) is 0 Å². The molecule has 0 nitrogen and oxygen atoms in total. The van der Waals surface area contributed by atoms with E-state index in [-0.39, 0.29) is 5.41 Å². The predicted molar refractivity (Wildman–Crippen MR) is 91.7 cm³/mol. The Morgan fingerprint density at radius 1 is 0.667 bits per heavy atom. The number of hydrogen-bond donors (Lipinski definition) is 0. The molecule has 0 aromatic heterocycles. The molecule has 0 unspecified atom stereocenters. The van der Waals surface area contributed by atoms with E-state index in [1.54, 1.807) is 11.1 Å². The van der Waals surface area contributed by atoms with Crippen molar-refractivity contribution in [2.75, 3.05) is 0 Å². The van der Waals surface area contributed by atoms with Gasteiger partial charge in [-0.1, -0.05) is 88.1 Å². The predicted octanol–water partition coefficient (Wildman–Crippen LogP) is 6.33. The number of rotatable bonds is 6. The second-order valence-corrected chi connectivity index (χ2v) is 6.38. The molecule has 0 spiro atoms. The smallest absolute Gasteiger partial charge is 0.0215 e.